The van der Waals surface area contributed by atoms with E-state index in [1.54, 1.807) is 7.11 Å². The summed E-state index contributed by atoms with van der Waals surface area (Å²) in [5, 5.41) is 6.69. The molecule has 1 fully saturated rings. The van der Waals surface area contributed by atoms with E-state index in [-0.39, 0.29) is 17.5 Å². The lowest BCUT2D eigenvalue weighted by Gasteiger charge is -2.35. The molecule has 0 aliphatic carbocycles. The number of aliphatic imine (C=N–C) groups is 1. The smallest absolute Gasteiger partial charge is 0.169 e. The molecule has 0 saturated carbocycles. The topological polar surface area (TPSA) is 62.6 Å². The number of hydrogen-bond donors (Lipinski definition) is 0. The van der Waals surface area contributed by atoms with Crippen molar-refractivity contribution in [2.75, 3.05) is 40.0 Å². The van der Waals surface area contributed by atoms with Crippen molar-refractivity contribution in [1.29, 1.82) is 0 Å². The maximum Gasteiger partial charge on any atom is 0.169 e. The van der Waals surface area contributed by atoms with Gasteiger partial charge in [0.15, 0.2) is 5.84 Å². The average Bonchev–Trinajstić information content (AvgIpc) is 3.04. The summed E-state index contributed by atoms with van der Waals surface area (Å²) in [4.78, 5) is 12.0. The Morgan fingerprint density at radius 1 is 1.25 bits per heavy atom. The zero-order valence-corrected chi connectivity index (χ0v) is 17.1. The molecular weight excluding hydrogens is 354 g/mol. The Bertz CT molecular complexity index is 794. The summed E-state index contributed by atoms with van der Waals surface area (Å²) in [5.74, 6) is 0.950. The molecule has 7 heteroatoms. The van der Waals surface area contributed by atoms with Gasteiger partial charge in [0.05, 0.1) is 31.6 Å². The monoisotopic (exact) mass is 383 g/mol. The molecule has 0 amide bonds. The number of ether oxygens (including phenoxy) is 2. The number of allylic oxidation sites excluding steroid dienone is 1. The van der Waals surface area contributed by atoms with E-state index in [1.807, 2.05) is 17.4 Å². The summed E-state index contributed by atoms with van der Waals surface area (Å²) in [6.45, 7) is 10.3. The molecule has 2 unspecified atom stereocenters. The SMILES string of the molecule is COCC(C)(C)c1ccc(C2C(C)N=C3C(N4CCOCC4)=CC=NN32)cn1. The van der Waals surface area contributed by atoms with E-state index in [2.05, 4.69) is 49.0 Å². The van der Waals surface area contributed by atoms with Crippen LogP contribution in [0.3, 0.4) is 0 Å². The quantitative estimate of drug-likeness (QED) is 0.781. The van der Waals surface area contributed by atoms with Gasteiger partial charge in [0.2, 0.25) is 0 Å². The molecule has 3 aliphatic heterocycles. The van der Waals surface area contributed by atoms with Gasteiger partial charge in [-0.25, -0.2) is 5.01 Å². The molecule has 2 atom stereocenters. The lowest BCUT2D eigenvalue weighted by atomic mass is 9.89. The molecule has 0 N–H and O–H groups in total. The summed E-state index contributed by atoms with van der Waals surface area (Å²) in [6, 6.07) is 4.42. The van der Waals surface area contributed by atoms with Gasteiger partial charge in [-0.2, -0.15) is 5.10 Å². The van der Waals surface area contributed by atoms with Crippen LogP contribution in [-0.4, -0.2) is 73.0 Å². The Hall–Kier alpha value is -2.25. The predicted octanol–water partition coefficient (Wildman–Crippen LogP) is 2.36. The Balaban J connectivity index is 1.56. The van der Waals surface area contributed by atoms with Crippen LogP contribution >= 0.6 is 0 Å². The molecule has 150 valence electrons. The lowest BCUT2D eigenvalue weighted by Crippen LogP contribution is -2.42. The molecule has 4 heterocycles. The molecule has 4 rings (SSSR count). The van der Waals surface area contributed by atoms with Gasteiger partial charge >= 0.3 is 0 Å². The first-order chi connectivity index (χ1) is 13.5. The fourth-order valence-corrected chi connectivity index (χ4v) is 4.11. The third kappa shape index (κ3) is 3.44. The summed E-state index contributed by atoms with van der Waals surface area (Å²) < 4.78 is 10.8. The fraction of sp³-hybridized carbons (Fsp3) is 0.571. The molecule has 1 aromatic heterocycles. The van der Waals surface area contributed by atoms with Crippen LogP contribution in [-0.2, 0) is 14.9 Å². The molecule has 1 aromatic rings. The second kappa shape index (κ2) is 7.64. The molecule has 0 aromatic carbocycles. The van der Waals surface area contributed by atoms with Crippen molar-refractivity contribution < 1.29 is 9.47 Å². The largest absolute Gasteiger partial charge is 0.384 e. The van der Waals surface area contributed by atoms with E-state index in [0.29, 0.717) is 6.61 Å². The predicted molar refractivity (Wildman–Crippen MR) is 110 cm³/mol. The van der Waals surface area contributed by atoms with E-state index < -0.39 is 0 Å². The number of hydrogen-bond acceptors (Lipinski definition) is 7. The summed E-state index contributed by atoms with van der Waals surface area (Å²) in [6.07, 6.45) is 5.90. The number of amidine groups is 1. The highest BCUT2D eigenvalue weighted by atomic mass is 16.5. The fourth-order valence-electron chi connectivity index (χ4n) is 4.11. The molecule has 3 aliphatic rings. The van der Waals surface area contributed by atoms with E-state index in [0.717, 1.165) is 49.1 Å². The van der Waals surface area contributed by atoms with Gasteiger partial charge in [-0.15, -0.1) is 0 Å². The average molecular weight is 383 g/mol. The van der Waals surface area contributed by atoms with E-state index in [1.165, 1.54) is 0 Å². The Morgan fingerprint density at radius 3 is 2.71 bits per heavy atom. The van der Waals surface area contributed by atoms with Gasteiger partial charge in [0.1, 0.15) is 6.04 Å². The van der Waals surface area contributed by atoms with Crippen molar-refractivity contribution in [1.82, 2.24) is 14.9 Å². The van der Waals surface area contributed by atoms with Crippen LogP contribution < -0.4 is 0 Å². The molecular formula is C21H29N5O2. The van der Waals surface area contributed by atoms with E-state index in [9.17, 15) is 0 Å². The Morgan fingerprint density at radius 2 is 2.04 bits per heavy atom. The second-order valence-corrected chi connectivity index (χ2v) is 8.19. The zero-order valence-electron chi connectivity index (χ0n) is 17.1. The first kappa shape index (κ1) is 19.1. The number of rotatable bonds is 5. The van der Waals surface area contributed by atoms with E-state index >= 15 is 0 Å². The van der Waals surface area contributed by atoms with Crippen LogP contribution in [0.4, 0.5) is 0 Å². The highest BCUT2D eigenvalue weighted by molar-refractivity contribution is 6.04. The third-order valence-electron chi connectivity index (χ3n) is 5.59. The number of nitrogens with zero attached hydrogens (tertiary/aromatic N) is 5. The summed E-state index contributed by atoms with van der Waals surface area (Å²) in [5.41, 5.74) is 3.18. The summed E-state index contributed by atoms with van der Waals surface area (Å²) in [7, 11) is 1.73. The van der Waals surface area contributed by atoms with Crippen LogP contribution in [0, 0.1) is 0 Å². The third-order valence-corrected chi connectivity index (χ3v) is 5.59. The van der Waals surface area contributed by atoms with Gasteiger partial charge in [-0.1, -0.05) is 19.9 Å². The minimum Gasteiger partial charge on any atom is -0.384 e. The number of hydrazone groups is 1. The number of pyridine rings is 1. The van der Waals surface area contributed by atoms with Crippen molar-refractivity contribution in [3.05, 3.63) is 41.4 Å². The van der Waals surface area contributed by atoms with Crippen LogP contribution in [0.5, 0.6) is 0 Å². The van der Waals surface area contributed by atoms with Crippen LogP contribution in [0.25, 0.3) is 0 Å². The van der Waals surface area contributed by atoms with Gasteiger partial charge in [0, 0.05) is 43.7 Å². The standard InChI is InChI=1S/C21H29N5O2/c1-15-19(16-5-6-18(22-13-16)21(2,3)14-27-4)26-20(24-15)17(7-8-23-26)25-9-11-28-12-10-25/h5-8,13,15,19H,9-12,14H2,1-4H3. The molecule has 0 bridgehead atoms. The molecule has 28 heavy (non-hydrogen) atoms. The van der Waals surface area contributed by atoms with Crippen molar-refractivity contribution in [2.45, 2.75) is 38.3 Å². The van der Waals surface area contributed by atoms with Gasteiger partial charge in [-0.05, 0) is 24.6 Å². The first-order valence-electron chi connectivity index (χ1n) is 9.91. The number of methoxy groups -OCH3 is 1. The number of aromatic nitrogens is 1. The minimum atomic E-state index is -0.119. The molecule has 0 radical (unpaired) electrons. The maximum atomic E-state index is 5.50. The van der Waals surface area contributed by atoms with Crippen LogP contribution in [0.1, 0.15) is 38.1 Å². The first-order valence-corrected chi connectivity index (χ1v) is 9.91. The zero-order chi connectivity index (χ0) is 19.7. The lowest BCUT2D eigenvalue weighted by molar-refractivity contribution is 0.0557. The van der Waals surface area contributed by atoms with Crippen molar-refractivity contribution in [2.24, 2.45) is 10.1 Å². The van der Waals surface area contributed by atoms with Crippen LogP contribution in [0.15, 0.2) is 40.2 Å². The molecule has 1 saturated heterocycles. The van der Waals surface area contributed by atoms with Gasteiger partial charge < -0.3 is 14.4 Å². The van der Waals surface area contributed by atoms with Crippen molar-refractivity contribution >= 4 is 12.1 Å². The van der Waals surface area contributed by atoms with Gasteiger partial charge in [-0.3, -0.25) is 9.98 Å². The maximum absolute atomic E-state index is 5.50. The van der Waals surface area contributed by atoms with Gasteiger partial charge in [0.25, 0.3) is 0 Å². The Kier molecular flexibility index (Phi) is 5.21. The normalized spacial score (nSPS) is 24.9. The molecule has 7 nitrogen and oxygen atoms in total. The van der Waals surface area contributed by atoms with Crippen LogP contribution in [0.2, 0.25) is 0 Å². The summed E-state index contributed by atoms with van der Waals surface area (Å²) >= 11 is 0. The second-order valence-electron chi connectivity index (χ2n) is 8.19. The highest BCUT2D eigenvalue weighted by Crippen LogP contribution is 2.36. The Labute approximate surface area is 166 Å². The highest BCUT2D eigenvalue weighted by Gasteiger charge is 2.39. The number of morpholine rings is 1. The molecule has 0 spiro atoms. The number of fused-ring (bicyclic) bond motifs is 1. The van der Waals surface area contributed by atoms with Crippen molar-refractivity contribution in [3.8, 4) is 0 Å². The van der Waals surface area contributed by atoms with E-state index in [4.69, 9.17) is 19.5 Å². The minimum absolute atomic E-state index is 0.0584. The van der Waals surface area contributed by atoms with Crippen molar-refractivity contribution in [3.63, 3.8) is 0 Å².